The van der Waals surface area contributed by atoms with Crippen LogP contribution >= 0.6 is 0 Å². The van der Waals surface area contributed by atoms with Crippen molar-refractivity contribution in [3.05, 3.63) is 29.8 Å². The molecule has 1 rings (SSSR count). The Morgan fingerprint density at radius 3 is 2.00 bits per heavy atom. The van der Waals surface area contributed by atoms with E-state index in [0.717, 1.165) is 18.8 Å². The average Bonchev–Trinajstić information content (AvgIpc) is 2.45. The van der Waals surface area contributed by atoms with Crippen LogP contribution in [0.1, 0.15) is 52.0 Å². The second-order valence-corrected chi connectivity index (χ2v) is 5.29. The molecule has 0 fully saturated rings. The third kappa shape index (κ3) is 4.24. The second-order valence-electron chi connectivity index (χ2n) is 5.29. The third-order valence-electron chi connectivity index (χ3n) is 3.87. The molecule has 0 saturated carbocycles. The summed E-state index contributed by atoms with van der Waals surface area (Å²) in [5.41, 5.74) is 1.71. The Bertz CT molecular complexity index is 339. The molecule has 0 aromatic heterocycles. The zero-order valence-electron chi connectivity index (χ0n) is 13.0. The number of hydrogen-bond donors (Lipinski definition) is 1. The fraction of sp³-hybridized carbons (Fsp3) is 0.647. The number of likely N-dealkylation sites (N-methyl/N-ethyl adjacent to an activating group) is 1. The standard InChI is InChI=1S/C17H29NO/c1-5-12-17(13-6-2,14-18-7-3)15-8-10-16(19-4)11-9-15/h8-11,18H,5-7,12-14H2,1-4H3. The van der Waals surface area contributed by atoms with Crippen LogP contribution in [0.3, 0.4) is 0 Å². The Labute approximate surface area is 118 Å². The Balaban J connectivity index is 3.02. The molecule has 1 aromatic rings. The molecule has 2 heteroatoms. The number of benzene rings is 1. The molecule has 0 heterocycles. The van der Waals surface area contributed by atoms with Crippen LogP contribution in [-0.2, 0) is 5.41 Å². The molecule has 0 aliphatic carbocycles. The highest BCUT2D eigenvalue weighted by Gasteiger charge is 2.29. The van der Waals surface area contributed by atoms with Crippen molar-refractivity contribution in [1.82, 2.24) is 5.32 Å². The fourth-order valence-electron chi connectivity index (χ4n) is 2.96. The van der Waals surface area contributed by atoms with Crippen LogP contribution in [-0.4, -0.2) is 20.2 Å². The molecular formula is C17H29NO. The monoisotopic (exact) mass is 263 g/mol. The van der Waals surface area contributed by atoms with Crippen molar-refractivity contribution in [2.45, 2.75) is 51.9 Å². The van der Waals surface area contributed by atoms with E-state index in [4.69, 9.17) is 4.74 Å². The number of hydrogen-bond acceptors (Lipinski definition) is 2. The van der Waals surface area contributed by atoms with E-state index in [2.05, 4.69) is 50.4 Å². The van der Waals surface area contributed by atoms with Crippen molar-refractivity contribution in [2.24, 2.45) is 0 Å². The van der Waals surface area contributed by atoms with Crippen molar-refractivity contribution < 1.29 is 4.74 Å². The first kappa shape index (κ1) is 16.0. The molecule has 1 aromatic carbocycles. The van der Waals surface area contributed by atoms with Gasteiger partial charge in [0, 0.05) is 12.0 Å². The van der Waals surface area contributed by atoms with E-state index in [9.17, 15) is 0 Å². The minimum Gasteiger partial charge on any atom is -0.497 e. The SMILES string of the molecule is CCCC(CCC)(CNCC)c1ccc(OC)cc1. The van der Waals surface area contributed by atoms with Gasteiger partial charge in [-0.25, -0.2) is 0 Å². The minimum absolute atomic E-state index is 0.270. The van der Waals surface area contributed by atoms with Gasteiger partial charge in [-0.1, -0.05) is 45.7 Å². The molecule has 1 N–H and O–H groups in total. The van der Waals surface area contributed by atoms with Crippen LogP contribution in [0.2, 0.25) is 0 Å². The van der Waals surface area contributed by atoms with E-state index < -0.39 is 0 Å². The number of methoxy groups -OCH3 is 1. The first-order chi connectivity index (χ1) is 9.22. The first-order valence-corrected chi connectivity index (χ1v) is 7.57. The Kier molecular flexibility index (Phi) is 6.93. The summed E-state index contributed by atoms with van der Waals surface area (Å²) >= 11 is 0. The summed E-state index contributed by atoms with van der Waals surface area (Å²) in [6, 6.07) is 8.64. The van der Waals surface area contributed by atoms with Gasteiger partial charge in [0.2, 0.25) is 0 Å². The van der Waals surface area contributed by atoms with Crippen molar-refractivity contribution in [3.8, 4) is 5.75 Å². The average molecular weight is 263 g/mol. The van der Waals surface area contributed by atoms with E-state index in [1.165, 1.54) is 31.2 Å². The first-order valence-electron chi connectivity index (χ1n) is 7.57. The van der Waals surface area contributed by atoms with Crippen LogP contribution in [0.25, 0.3) is 0 Å². The highest BCUT2D eigenvalue weighted by molar-refractivity contribution is 5.33. The largest absolute Gasteiger partial charge is 0.497 e. The second kappa shape index (κ2) is 8.21. The molecule has 0 aliphatic heterocycles. The molecule has 19 heavy (non-hydrogen) atoms. The topological polar surface area (TPSA) is 21.3 Å². The quantitative estimate of drug-likeness (QED) is 0.723. The Morgan fingerprint density at radius 2 is 1.58 bits per heavy atom. The molecule has 2 nitrogen and oxygen atoms in total. The third-order valence-corrected chi connectivity index (χ3v) is 3.87. The number of nitrogens with one attached hydrogen (secondary N) is 1. The molecule has 108 valence electrons. The van der Waals surface area contributed by atoms with Gasteiger partial charge in [0.1, 0.15) is 5.75 Å². The zero-order chi connectivity index (χ0) is 14.1. The highest BCUT2D eigenvalue weighted by atomic mass is 16.5. The molecule has 0 amide bonds. The van der Waals surface area contributed by atoms with Gasteiger partial charge in [-0.15, -0.1) is 0 Å². The smallest absolute Gasteiger partial charge is 0.118 e. The number of ether oxygens (including phenoxy) is 1. The van der Waals surface area contributed by atoms with Gasteiger partial charge in [-0.05, 0) is 37.1 Å². The lowest BCUT2D eigenvalue weighted by Crippen LogP contribution is -2.38. The normalized spacial score (nSPS) is 11.6. The summed E-state index contributed by atoms with van der Waals surface area (Å²) in [5, 5.41) is 3.55. The lowest BCUT2D eigenvalue weighted by molar-refractivity contribution is 0.337. The summed E-state index contributed by atoms with van der Waals surface area (Å²) in [5.74, 6) is 0.939. The number of rotatable bonds is 9. The van der Waals surface area contributed by atoms with Crippen LogP contribution < -0.4 is 10.1 Å². The predicted molar refractivity (Wildman–Crippen MR) is 83.0 cm³/mol. The van der Waals surface area contributed by atoms with E-state index in [-0.39, 0.29) is 5.41 Å². The minimum atomic E-state index is 0.270. The van der Waals surface area contributed by atoms with Crippen LogP contribution in [0.5, 0.6) is 5.75 Å². The van der Waals surface area contributed by atoms with Crippen LogP contribution in [0, 0.1) is 0 Å². The summed E-state index contributed by atoms with van der Waals surface area (Å²) in [6.45, 7) is 8.83. The van der Waals surface area contributed by atoms with Crippen LogP contribution in [0.15, 0.2) is 24.3 Å². The van der Waals surface area contributed by atoms with Gasteiger partial charge in [0.05, 0.1) is 7.11 Å². The zero-order valence-corrected chi connectivity index (χ0v) is 13.0. The van der Waals surface area contributed by atoms with E-state index in [1.54, 1.807) is 7.11 Å². The molecular weight excluding hydrogens is 234 g/mol. The van der Waals surface area contributed by atoms with Crippen molar-refractivity contribution in [2.75, 3.05) is 20.2 Å². The molecule has 0 bridgehead atoms. The van der Waals surface area contributed by atoms with Gasteiger partial charge in [-0.3, -0.25) is 0 Å². The van der Waals surface area contributed by atoms with Crippen molar-refractivity contribution >= 4 is 0 Å². The highest BCUT2D eigenvalue weighted by Crippen LogP contribution is 2.34. The molecule has 0 atom stereocenters. The predicted octanol–water partition coefficient (Wildman–Crippen LogP) is 4.14. The maximum atomic E-state index is 5.27. The Hall–Kier alpha value is -1.02. The van der Waals surface area contributed by atoms with Crippen molar-refractivity contribution in [1.29, 1.82) is 0 Å². The van der Waals surface area contributed by atoms with Crippen LogP contribution in [0.4, 0.5) is 0 Å². The van der Waals surface area contributed by atoms with Gasteiger partial charge >= 0.3 is 0 Å². The maximum Gasteiger partial charge on any atom is 0.118 e. The van der Waals surface area contributed by atoms with Crippen molar-refractivity contribution in [3.63, 3.8) is 0 Å². The molecule has 0 aliphatic rings. The summed E-state index contributed by atoms with van der Waals surface area (Å²) in [7, 11) is 1.72. The summed E-state index contributed by atoms with van der Waals surface area (Å²) < 4.78 is 5.27. The lowest BCUT2D eigenvalue weighted by atomic mass is 9.73. The van der Waals surface area contributed by atoms with E-state index in [1.807, 2.05) is 0 Å². The molecule has 0 saturated heterocycles. The maximum absolute atomic E-state index is 5.27. The van der Waals surface area contributed by atoms with Gasteiger partial charge in [0.15, 0.2) is 0 Å². The summed E-state index contributed by atoms with van der Waals surface area (Å²) in [6.07, 6.45) is 4.91. The summed E-state index contributed by atoms with van der Waals surface area (Å²) in [4.78, 5) is 0. The van der Waals surface area contributed by atoms with Gasteiger partial charge in [0.25, 0.3) is 0 Å². The van der Waals surface area contributed by atoms with Gasteiger partial charge < -0.3 is 10.1 Å². The van der Waals surface area contributed by atoms with E-state index in [0.29, 0.717) is 0 Å². The lowest BCUT2D eigenvalue weighted by Gasteiger charge is -2.35. The molecule has 0 spiro atoms. The molecule has 0 radical (unpaired) electrons. The van der Waals surface area contributed by atoms with E-state index >= 15 is 0 Å². The van der Waals surface area contributed by atoms with Gasteiger partial charge in [-0.2, -0.15) is 0 Å². The Morgan fingerprint density at radius 1 is 1.00 bits per heavy atom. The fourth-order valence-corrected chi connectivity index (χ4v) is 2.96. The molecule has 0 unspecified atom stereocenters.